The maximum Gasteiger partial charge on any atom is 0.488 e. The number of rotatable bonds is 3. The van der Waals surface area contributed by atoms with E-state index in [1.54, 1.807) is 19.1 Å². The fourth-order valence-electron chi connectivity index (χ4n) is 1.33. The maximum absolute atomic E-state index is 9.11. The molecule has 0 heterocycles. The average Bonchev–Trinajstić information content (AvgIpc) is 2.11. The Balaban J connectivity index is 3.18. The fraction of sp³-hybridized carbons (Fsp3) is 0.400. The van der Waals surface area contributed by atoms with Gasteiger partial charge in [-0.2, -0.15) is 0 Å². The highest BCUT2D eigenvalue weighted by atomic mass is 35.5. The molecule has 0 aliphatic rings. The van der Waals surface area contributed by atoms with Crippen LogP contribution >= 0.6 is 11.6 Å². The van der Waals surface area contributed by atoms with Gasteiger partial charge in [0.05, 0.1) is 11.1 Å². The van der Waals surface area contributed by atoms with Crippen molar-refractivity contribution in [3.05, 3.63) is 22.7 Å². The van der Waals surface area contributed by atoms with E-state index in [0.29, 0.717) is 21.8 Å². The standard InChI is InChI=1S/C10H14BClO3/c1-6(2)15-10-7(3)8(11(13)14)4-5-9(10)12/h4-6,13-14H,1-3H3. The topological polar surface area (TPSA) is 49.7 Å². The summed E-state index contributed by atoms with van der Waals surface area (Å²) in [5, 5.41) is 18.7. The van der Waals surface area contributed by atoms with Gasteiger partial charge in [0.2, 0.25) is 0 Å². The van der Waals surface area contributed by atoms with Gasteiger partial charge in [-0.1, -0.05) is 17.7 Å². The monoisotopic (exact) mass is 228 g/mol. The third-order valence-electron chi connectivity index (χ3n) is 2.03. The lowest BCUT2D eigenvalue weighted by Gasteiger charge is -2.16. The predicted molar refractivity (Wildman–Crippen MR) is 61.8 cm³/mol. The number of hydrogen-bond donors (Lipinski definition) is 2. The third kappa shape index (κ3) is 2.87. The Morgan fingerprint density at radius 1 is 1.33 bits per heavy atom. The Labute approximate surface area is 94.8 Å². The van der Waals surface area contributed by atoms with Crippen LogP contribution in [0.25, 0.3) is 0 Å². The lowest BCUT2D eigenvalue weighted by molar-refractivity contribution is 0.241. The van der Waals surface area contributed by atoms with Gasteiger partial charge in [0.25, 0.3) is 0 Å². The van der Waals surface area contributed by atoms with Crippen molar-refractivity contribution >= 4 is 24.2 Å². The van der Waals surface area contributed by atoms with Crippen molar-refractivity contribution in [1.29, 1.82) is 0 Å². The third-order valence-corrected chi connectivity index (χ3v) is 2.33. The summed E-state index contributed by atoms with van der Waals surface area (Å²) in [5.74, 6) is 0.511. The second-order valence-corrected chi connectivity index (χ2v) is 4.04. The van der Waals surface area contributed by atoms with E-state index in [2.05, 4.69) is 0 Å². The summed E-state index contributed by atoms with van der Waals surface area (Å²) in [6, 6.07) is 3.18. The summed E-state index contributed by atoms with van der Waals surface area (Å²) >= 11 is 5.96. The molecule has 0 bridgehead atoms. The van der Waals surface area contributed by atoms with E-state index in [1.807, 2.05) is 13.8 Å². The molecule has 1 rings (SSSR count). The molecule has 1 aromatic rings. The number of ether oxygens (including phenoxy) is 1. The molecular weight excluding hydrogens is 214 g/mol. The van der Waals surface area contributed by atoms with Crippen LogP contribution in [0.1, 0.15) is 19.4 Å². The Hall–Kier alpha value is -0.705. The van der Waals surface area contributed by atoms with Gasteiger partial charge in [-0.15, -0.1) is 0 Å². The van der Waals surface area contributed by atoms with Crippen molar-refractivity contribution in [2.24, 2.45) is 0 Å². The number of benzene rings is 1. The molecule has 1 aromatic carbocycles. The highest BCUT2D eigenvalue weighted by Crippen LogP contribution is 2.27. The van der Waals surface area contributed by atoms with E-state index >= 15 is 0 Å². The molecule has 0 unspecified atom stereocenters. The largest absolute Gasteiger partial charge is 0.489 e. The molecule has 0 fully saturated rings. The molecule has 2 N–H and O–H groups in total. The SMILES string of the molecule is Cc1c(B(O)O)ccc(Cl)c1OC(C)C. The quantitative estimate of drug-likeness (QED) is 0.762. The first-order valence-corrected chi connectivity index (χ1v) is 5.13. The minimum absolute atomic E-state index is 0.00714. The van der Waals surface area contributed by atoms with Crippen molar-refractivity contribution in [2.75, 3.05) is 0 Å². The number of hydrogen-bond acceptors (Lipinski definition) is 3. The van der Waals surface area contributed by atoms with Crippen LogP contribution in [0.3, 0.4) is 0 Å². The summed E-state index contributed by atoms with van der Waals surface area (Å²) in [5.41, 5.74) is 1.07. The zero-order valence-electron chi connectivity index (χ0n) is 8.99. The lowest BCUT2D eigenvalue weighted by atomic mass is 9.77. The molecule has 0 saturated carbocycles. The highest BCUT2D eigenvalue weighted by molar-refractivity contribution is 6.59. The summed E-state index contributed by atoms with van der Waals surface area (Å²) in [4.78, 5) is 0. The van der Waals surface area contributed by atoms with Crippen LogP contribution in [0.4, 0.5) is 0 Å². The maximum atomic E-state index is 9.11. The molecule has 0 spiro atoms. The van der Waals surface area contributed by atoms with Gasteiger partial charge in [-0.05, 0) is 37.9 Å². The molecule has 3 nitrogen and oxygen atoms in total. The van der Waals surface area contributed by atoms with Gasteiger partial charge >= 0.3 is 7.12 Å². The minimum Gasteiger partial charge on any atom is -0.489 e. The molecule has 0 aromatic heterocycles. The normalized spacial score (nSPS) is 10.6. The number of halogens is 1. The van der Waals surface area contributed by atoms with Gasteiger partial charge < -0.3 is 14.8 Å². The van der Waals surface area contributed by atoms with Crippen molar-refractivity contribution in [3.8, 4) is 5.75 Å². The summed E-state index contributed by atoms with van der Waals surface area (Å²) < 4.78 is 5.51. The zero-order valence-corrected chi connectivity index (χ0v) is 9.75. The first kappa shape index (κ1) is 12.4. The van der Waals surface area contributed by atoms with Gasteiger partial charge in [0.15, 0.2) is 0 Å². The van der Waals surface area contributed by atoms with Crippen LogP contribution in [0.15, 0.2) is 12.1 Å². The van der Waals surface area contributed by atoms with Gasteiger partial charge in [-0.3, -0.25) is 0 Å². The van der Waals surface area contributed by atoms with Crippen LogP contribution in [0, 0.1) is 6.92 Å². The van der Waals surface area contributed by atoms with Crippen LogP contribution in [0.5, 0.6) is 5.75 Å². The van der Waals surface area contributed by atoms with Crippen molar-refractivity contribution in [2.45, 2.75) is 26.9 Å². The van der Waals surface area contributed by atoms with Crippen LogP contribution in [0.2, 0.25) is 5.02 Å². The minimum atomic E-state index is -1.50. The molecule has 82 valence electrons. The summed E-state index contributed by atoms with van der Waals surface area (Å²) in [6.07, 6.45) is -0.00714. The highest BCUT2D eigenvalue weighted by Gasteiger charge is 2.19. The molecule has 0 saturated heterocycles. The Bertz CT molecular complexity index is 353. The van der Waals surface area contributed by atoms with E-state index in [-0.39, 0.29) is 6.10 Å². The predicted octanol–water partition coefficient (Wildman–Crippen LogP) is 1.12. The smallest absolute Gasteiger partial charge is 0.488 e. The van der Waals surface area contributed by atoms with Crippen molar-refractivity contribution < 1.29 is 14.8 Å². The fourth-order valence-corrected chi connectivity index (χ4v) is 1.58. The molecule has 0 aliphatic heterocycles. The van der Waals surface area contributed by atoms with Gasteiger partial charge in [-0.25, -0.2) is 0 Å². The second kappa shape index (κ2) is 4.88. The molecule has 0 amide bonds. The van der Waals surface area contributed by atoms with E-state index in [4.69, 9.17) is 26.4 Å². The van der Waals surface area contributed by atoms with Crippen molar-refractivity contribution in [3.63, 3.8) is 0 Å². The average molecular weight is 228 g/mol. The summed E-state index contributed by atoms with van der Waals surface area (Å²) in [7, 11) is -1.50. The molecular formula is C10H14BClO3. The van der Waals surface area contributed by atoms with Gasteiger partial charge in [0, 0.05) is 0 Å². The molecule has 0 radical (unpaired) electrons. The van der Waals surface area contributed by atoms with Crippen LogP contribution in [-0.2, 0) is 0 Å². The first-order valence-electron chi connectivity index (χ1n) is 4.75. The Morgan fingerprint density at radius 2 is 1.93 bits per heavy atom. The van der Waals surface area contributed by atoms with E-state index < -0.39 is 7.12 Å². The van der Waals surface area contributed by atoms with E-state index in [9.17, 15) is 0 Å². The van der Waals surface area contributed by atoms with Crippen LogP contribution in [-0.4, -0.2) is 23.3 Å². The van der Waals surface area contributed by atoms with Gasteiger partial charge in [0.1, 0.15) is 5.75 Å². The first-order chi connectivity index (χ1) is 6.93. The molecule has 5 heteroatoms. The Kier molecular flexibility index (Phi) is 4.02. The molecule has 15 heavy (non-hydrogen) atoms. The van der Waals surface area contributed by atoms with Crippen LogP contribution < -0.4 is 10.2 Å². The molecule has 0 aliphatic carbocycles. The summed E-state index contributed by atoms with van der Waals surface area (Å²) in [6.45, 7) is 5.52. The second-order valence-electron chi connectivity index (χ2n) is 3.63. The Morgan fingerprint density at radius 3 is 2.40 bits per heavy atom. The van der Waals surface area contributed by atoms with Crippen molar-refractivity contribution in [1.82, 2.24) is 0 Å². The lowest BCUT2D eigenvalue weighted by Crippen LogP contribution is -2.32. The zero-order chi connectivity index (χ0) is 11.6. The molecule has 0 atom stereocenters. The van der Waals surface area contributed by atoms with E-state index in [0.717, 1.165) is 0 Å². The van der Waals surface area contributed by atoms with E-state index in [1.165, 1.54) is 0 Å².